The third kappa shape index (κ3) is 2.47. The molecule has 0 unspecified atom stereocenters. The second-order valence-corrected chi connectivity index (χ2v) is 6.24. The van der Waals surface area contributed by atoms with Crippen LogP contribution in [0.15, 0.2) is 42.7 Å². The number of anilines is 1. The summed E-state index contributed by atoms with van der Waals surface area (Å²) in [6.45, 7) is 1.99. The van der Waals surface area contributed by atoms with Crippen LogP contribution in [0, 0.1) is 6.92 Å². The Morgan fingerprint density at radius 3 is 2.89 bits per heavy atom. The minimum Gasteiger partial charge on any atom is -0.423 e. The van der Waals surface area contributed by atoms with Gasteiger partial charge in [-0.25, -0.2) is 4.79 Å². The van der Waals surface area contributed by atoms with Gasteiger partial charge >= 0.3 is 5.63 Å². The van der Waals surface area contributed by atoms with Gasteiger partial charge in [-0.2, -0.15) is 0 Å². The van der Waals surface area contributed by atoms with Crippen molar-refractivity contribution in [1.29, 1.82) is 0 Å². The van der Waals surface area contributed by atoms with E-state index in [2.05, 4.69) is 10.2 Å². The lowest BCUT2D eigenvalue weighted by Gasteiger charge is -2.03. The van der Waals surface area contributed by atoms with E-state index in [1.807, 2.05) is 19.1 Å². The van der Waals surface area contributed by atoms with Crippen molar-refractivity contribution in [2.75, 3.05) is 5.73 Å². The monoisotopic (exact) mass is 291 g/mol. The zero-order chi connectivity index (χ0) is 13.4. The van der Waals surface area contributed by atoms with Gasteiger partial charge in [-0.1, -0.05) is 34.7 Å². The molecule has 0 saturated carbocycles. The highest BCUT2D eigenvalue weighted by Gasteiger charge is 2.10. The van der Waals surface area contributed by atoms with Gasteiger partial charge in [0.25, 0.3) is 0 Å². The molecule has 0 atom stereocenters. The van der Waals surface area contributed by atoms with E-state index in [0.29, 0.717) is 15.1 Å². The Kier molecular flexibility index (Phi) is 3.00. The first-order valence-electron chi connectivity index (χ1n) is 5.43. The van der Waals surface area contributed by atoms with Crippen LogP contribution in [0.3, 0.4) is 0 Å². The number of rotatable bonds is 2. The Hall–Kier alpha value is -1.86. The smallest absolute Gasteiger partial charge is 0.337 e. The second-order valence-electron chi connectivity index (χ2n) is 3.94. The van der Waals surface area contributed by atoms with Gasteiger partial charge in [-0.05, 0) is 19.1 Å². The van der Waals surface area contributed by atoms with E-state index in [1.54, 1.807) is 6.07 Å². The van der Waals surface area contributed by atoms with E-state index in [9.17, 15) is 4.79 Å². The van der Waals surface area contributed by atoms with E-state index < -0.39 is 0 Å². The molecular weight excluding hydrogens is 282 g/mol. The van der Waals surface area contributed by atoms with E-state index in [-0.39, 0.29) is 5.63 Å². The van der Waals surface area contributed by atoms with Crippen LogP contribution >= 0.6 is 23.1 Å². The number of benzene rings is 1. The lowest BCUT2D eigenvalue weighted by molar-refractivity contribution is 0.557. The number of aromatic nitrogens is 2. The molecular formula is C12H9N3O2S2. The second kappa shape index (κ2) is 4.67. The van der Waals surface area contributed by atoms with Crippen molar-refractivity contribution in [3.63, 3.8) is 0 Å². The van der Waals surface area contributed by atoms with Crippen LogP contribution in [-0.4, -0.2) is 10.2 Å². The maximum atomic E-state index is 11.5. The fourth-order valence-electron chi connectivity index (χ4n) is 1.69. The summed E-state index contributed by atoms with van der Waals surface area (Å²) >= 11 is 2.65. The number of aryl methyl sites for hydroxylation is 1. The summed E-state index contributed by atoms with van der Waals surface area (Å²) in [5.41, 5.74) is 6.84. The molecule has 0 spiro atoms. The fourth-order valence-corrected chi connectivity index (χ4v) is 3.42. The lowest BCUT2D eigenvalue weighted by Crippen LogP contribution is -1.97. The van der Waals surface area contributed by atoms with Crippen molar-refractivity contribution < 1.29 is 4.42 Å². The third-order valence-electron chi connectivity index (χ3n) is 2.48. The number of nitrogen functional groups attached to an aromatic ring is 1. The van der Waals surface area contributed by atoms with Gasteiger partial charge in [0.2, 0.25) is 5.13 Å². The van der Waals surface area contributed by atoms with Gasteiger partial charge in [0.15, 0.2) is 4.34 Å². The van der Waals surface area contributed by atoms with Crippen LogP contribution in [0.5, 0.6) is 0 Å². The SMILES string of the molecule is Cc1ccc2oc(=O)cc(Sc3nnc(N)s3)c2c1. The first-order chi connectivity index (χ1) is 9.11. The Balaban J connectivity index is 2.16. The van der Waals surface area contributed by atoms with Crippen LogP contribution < -0.4 is 11.4 Å². The summed E-state index contributed by atoms with van der Waals surface area (Å²) in [7, 11) is 0. The summed E-state index contributed by atoms with van der Waals surface area (Å²) in [6.07, 6.45) is 0. The highest BCUT2D eigenvalue weighted by atomic mass is 32.2. The third-order valence-corrected chi connectivity index (χ3v) is 4.34. The van der Waals surface area contributed by atoms with Gasteiger partial charge in [0, 0.05) is 16.3 Å². The molecule has 3 rings (SSSR count). The van der Waals surface area contributed by atoms with Gasteiger partial charge < -0.3 is 10.2 Å². The highest BCUT2D eigenvalue weighted by molar-refractivity contribution is 8.01. The van der Waals surface area contributed by atoms with Crippen molar-refractivity contribution in [3.8, 4) is 0 Å². The molecule has 2 aromatic heterocycles. The van der Waals surface area contributed by atoms with E-state index in [4.69, 9.17) is 10.2 Å². The molecule has 5 nitrogen and oxygen atoms in total. The minimum absolute atomic E-state index is 0.378. The summed E-state index contributed by atoms with van der Waals surface area (Å²) in [5.74, 6) is 0. The Labute approximate surface area is 116 Å². The molecule has 0 bridgehead atoms. The number of nitrogens with zero attached hydrogens (tertiary/aromatic N) is 2. The molecule has 19 heavy (non-hydrogen) atoms. The zero-order valence-electron chi connectivity index (χ0n) is 9.91. The lowest BCUT2D eigenvalue weighted by atomic mass is 10.2. The molecule has 1 aromatic carbocycles. The number of nitrogens with two attached hydrogens (primary N) is 1. The standard InChI is InChI=1S/C12H9N3O2S2/c1-6-2-3-8-7(4-6)9(5-10(16)17-8)18-12-15-14-11(13)19-12/h2-5H,1H3,(H2,13,14). The van der Waals surface area contributed by atoms with Crippen LogP contribution in [0.2, 0.25) is 0 Å². The van der Waals surface area contributed by atoms with E-state index in [1.165, 1.54) is 29.2 Å². The molecule has 2 N–H and O–H groups in total. The normalized spacial score (nSPS) is 11.0. The van der Waals surface area contributed by atoms with Crippen LogP contribution in [0.4, 0.5) is 5.13 Å². The number of fused-ring (bicyclic) bond motifs is 1. The van der Waals surface area contributed by atoms with Crippen LogP contribution in [-0.2, 0) is 0 Å². The zero-order valence-corrected chi connectivity index (χ0v) is 11.5. The predicted octanol–water partition coefficient (Wildman–Crippen LogP) is 2.69. The minimum atomic E-state index is -0.378. The topological polar surface area (TPSA) is 82.0 Å². The molecule has 0 aliphatic carbocycles. The number of hydrogen-bond donors (Lipinski definition) is 1. The highest BCUT2D eigenvalue weighted by Crippen LogP contribution is 2.34. The largest absolute Gasteiger partial charge is 0.423 e. The first kappa shape index (κ1) is 12.2. The molecule has 2 heterocycles. The molecule has 0 aliphatic rings. The average molecular weight is 291 g/mol. The first-order valence-corrected chi connectivity index (χ1v) is 7.06. The summed E-state index contributed by atoms with van der Waals surface area (Å²) in [5, 5.41) is 9.00. The van der Waals surface area contributed by atoms with Crippen LogP contribution in [0.25, 0.3) is 11.0 Å². The molecule has 3 aromatic rings. The maximum Gasteiger partial charge on any atom is 0.337 e. The van der Waals surface area contributed by atoms with Crippen molar-refractivity contribution in [1.82, 2.24) is 10.2 Å². The molecule has 0 fully saturated rings. The van der Waals surface area contributed by atoms with Crippen molar-refractivity contribution in [3.05, 3.63) is 40.2 Å². The Morgan fingerprint density at radius 2 is 2.16 bits per heavy atom. The summed E-state index contributed by atoms with van der Waals surface area (Å²) < 4.78 is 5.87. The van der Waals surface area contributed by atoms with Gasteiger partial charge in [-0.15, -0.1) is 10.2 Å². The van der Waals surface area contributed by atoms with Crippen molar-refractivity contribution >= 4 is 39.2 Å². The molecule has 7 heteroatoms. The predicted molar refractivity (Wildman–Crippen MR) is 75.7 cm³/mol. The van der Waals surface area contributed by atoms with E-state index >= 15 is 0 Å². The molecule has 0 radical (unpaired) electrons. The Bertz CT molecular complexity index is 810. The summed E-state index contributed by atoms with van der Waals surface area (Å²) in [6, 6.07) is 7.14. The van der Waals surface area contributed by atoms with E-state index in [0.717, 1.165) is 15.8 Å². The maximum absolute atomic E-state index is 11.5. The average Bonchev–Trinajstić information content (AvgIpc) is 2.76. The molecule has 0 saturated heterocycles. The quantitative estimate of drug-likeness (QED) is 0.731. The van der Waals surface area contributed by atoms with Gasteiger partial charge in [0.05, 0.1) is 0 Å². The molecule has 0 amide bonds. The molecule has 96 valence electrons. The fraction of sp³-hybridized carbons (Fsp3) is 0.0833. The van der Waals surface area contributed by atoms with Gasteiger partial charge in [0.1, 0.15) is 5.58 Å². The van der Waals surface area contributed by atoms with Crippen LogP contribution in [0.1, 0.15) is 5.56 Å². The number of hydrogen-bond acceptors (Lipinski definition) is 7. The molecule has 0 aliphatic heterocycles. The van der Waals surface area contributed by atoms with Crippen molar-refractivity contribution in [2.24, 2.45) is 0 Å². The summed E-state index contributed by atoms with van der Waals surface area (Å²) in [4.78, 5) is 12.3. The Morgan fingerprint density at radius 1 is 1.32 bits per heavy atom. The van der Waals surface area contributed by atoms with Crippen molar-refractivity contribution in [2.45, 2.75) is 16.2 Å². The van der Waals surface area contributed by atoms with Gasteiger partial charge in [-0.3, -0.25) is 0 Å².